The number of aryl methyl sites for hydroxylation is 1. The summed E-state index contributed by atoms with van der Waals surface area (Å²) >= 11 is 1.64. The van der Waals surface area contributed by atoms with Crippen LogP contribution in [0.2, 0.25) is 0 Å². The molecule has 1 aliphatic heterocycles. The normalized spacial score (nSPS) is 18.1. The van der Waals surface area contributed by atoms with E-state index in [9.17, 15) is 8.42 Å². The molecule has 0 N–H and O–H groups in total. The molecule has 1 aromatic heterocycles. The van der Waals surface area contributed by atoms with E-state index in [2.05, 4.69) is 24.8 Å². The zero-order chi connectivity index (χ0) is 21.8. The number of likely N-dealkylation sites (tertiary alicyclic amines) is 1. The van der Waals surface area contributed by atoms with Gasteiger partial charge in [-0.3, -0.25) is 0 Å². The molecule has 4 nitrogen and oxygen atoms in total. The van der Waals surface area contributed by atoms with Gasteiger partial charge < -0.3 is 4.90 Å². The zero-order valence-electron chi connectivity index (χ0n) is 18.5. The van der Waals surface area contributed by atoms with E-state index in [-0.39, 0.29) is 0 Å². The second-order valence-corrected chi connectivity index (χ2v) is 11.5. The first-order chi connectivity index (χ1) is 15.0. The van der Waals surface area contributed by atoms with E-state index in [1.54, 1.807) is 21.7 Å². The largest absolute Gasteiger partial charge is 0.301 e. The van der Waals surface area contributed by atoms with Gasteiger partial charge in [0.25, 0.3) is 0 Å². The molecule has 6 heteroatoms. The van der Waals surface area contributed by atoms with Gasteiger partial charge in [0.2, 0.25) is 10.0 Å². The summed E-state index contributed by atoms with van der Waals surface area (Å²) in [5.74, 6) is 0. The average Bonchev–Trinajstić information content (AvgIpc) is 3.18. The minimum absolute atomic E-state index is 0.408. The van der Waals surface area contributed by atoms with Crippen LogP contribution >= 0.6 is 11.3 Å². The fourth-order valence-electron chi connectivity index (χ4n) is 4.51. The Bertz CT molecular complexity index is 1120. The van der Waals surface area contributed by atoms with Crippen molar-refractivity contribution in [3.8, 4) is 0 Å². The highest BCUT2D eigenvalue weighted by molar-refractivity contribution is 7.89. The van der Waals surface area contributed by atoms with Crippen LogP contribution in [0, 0.1) is 6.92 Å². The number of hydrogen-bond donors (Lipinski definition) is 0. The number of benzene rings is 2. The van der Waals surface area contributed by atoms with Gasteiger partial charge in [0.1, 0.15) is 0 Å². The van der Waals surface area contributed by atoms with Crippen LogP contribution in [0.25, 0.3) is 10.8 Å². The molecular formula is C25H32N2O2S2. The van der Waals surface area contributed by atoms with Crippen molar-refractivity contribution in [1.29, 1.82) is 0 Å². The van der Waals surface area contributed by atoms with E-state index in [0.717, 1.165) is 40.7 Å². The smallest absolute Gasteiger partial charge is 0.244 e. The second-order valence-electron chi connectivity index (χ2n) is 8.58. The lowest BCUT2D eigenvalue weighted by Crippen LogP contribution is -2.40. The van der Waals surface area contributed by atoms with Gasteiger partial charge in [0.05, 0.1) is 4.90 Å². The summed E-state index contributed by atoms with van der Waals surface area (Å²) in [5.41, 5.74) is 1.16. The van der Waals surface area contributed by atoms with Gasteiger partial charge in [0, 0.05) is 29.4 Å². The van der Waals surface area contributed by atoms with Crippen LogP contribution in [-0.2, 0) is 16.6 Å². The third-order valence-corrected chi connectivity index (χ3v) is 9.36. The second kappa shape index (κ2) is 9.82. The molecule has 2 heterocycles. The Morgan fingerprint density at radius 3 is 2.68 bits per heavy atom. The number of piperidine rings is 1. The molecule has 31 heavy (non-hydrogen) atoms. The number of rotatable bonds is 8. The molecule has 1 aliphatic rings. The van der Waals surface area contributed by atoms with Crippen LogP contribution in [0.5, 0.6) is 0 Å². The van der Waals surface area contributed by atoms with Crippen LogP contribution in [-0.4, -0.2) is 43.3 Å². The molecule has 2 aromatic carbocycles. The van der Waals surface area contributed by atoms with Gasteiger partial charge in [-0.2, -0.15) is 4.31 Å². The van der Waals surface area contributed by atoms with Gasteiger partial charge in [0.15, 0.2) is 0 Å². The van der Waals surface area contributed by atoms with Crippen LogP contribution in [0.4, 0.5) is 0 Å². The lowest BCUT2D eigenvalue weighted by Gasteiger charge is -2.34. The first-order valence-corrected chi connectivity index (χ1v) is 13.5. The predicted octanol–water partition coefficient (Wildman–Crippen LogP) is 5.67. The highest BCUT2D eigenvalue weighted by Gasteiger charge is 2.27. The van der Waals surface area contributed by atoms with E-state index >= 15 is 0 Å². The Morgan fingerprint density at radius 2 is 1.90 bits per heavy atom. The van der Waals surface area contributed by atoms with Crippen molar-refractivity contribution in [1.82, 2.24) is 9.21 Å². The van der Waals surface area contributed by atoms with E-state index in [1.807, 2.05) is 41.8 Å². The number of nitrogens with zero attached hydrogens (tertiary/aromatic N) is 2. The summed E-state index contributed by atoms with van der Waals surface area (Å²) in [6, 6.07) is 16.0. The highest BCUT2D eigenvalue weighted by Crippen LogP contribution is 2.28. The fraction of sp³-hybridized carbons (Fsp3) is 0.440. The van der Waals surface area contributed by atoms with Crippen molar-refractivity contribution in [3.05, 3.63) is 64.4 Å². The van der Waals surface area contributed by atoms with Crippen LogP contribution < -0.4 is 0 Å². The van der Waals surface area contributed by atoms with Gasteiger partial charge in [-0.25, -0.2) is 8.42 Å². The van der Waals surface area contributed by atoms with Crippen molar-refractivity contribution < 1.29 is 8.42 Å². The summed E-state index contributed by atoms with van der Waals surface area (Å²) in [5, 5.41) is 3.79. The van der Waals surface area contributed by atoms with Gasteiger partial charge in [-0.05, 0) is 74.7 Å². The highest BCUT2D eigenvalue weighted by atomic mass is 32.2. The molecule has 0 bridgehead atoms. The van der Waals surface area contributed by atoms with Crippen molar-refractivity contribution in [2.45, 2.75) is 57.0 Å². The maximum atomic E-state index is 13.8. The monoisotopic (exact) mass is 456 g/mol. The molecule has 4 rings (SSSR count). The van der Waals surface area contributed by atoms with Crippen molar-refractivity contribution in [3.63, 3.8) is 0 Å². The van der Waals surface area contributed by atoms with E-state index < -0.39 is 10.0 Å². The Labute approximate surface area is 190 Å². The third-order valence-electron chi connectivity index (χ3n) is 6.45. The van der Waals surface area contributed by atoms with Crippen LogP contribution in [0.3, 0.4) is 0 Å². The molecule has 166 valence electrons. The molecule has 0 radical (unpaired) electrons. The first kappa shape index (κ1) is 22.5. The zero-order valence-corrected chi connectivity index (χ0v) is 20.1. The summed E-state index contributed by atoms with van der Waals surface area (Å²) in [4.78, 5) is 4.05. The summed E-state index contributed by atoms with van der Waals surface area (Å²) in [7, 11) is -3.62. The molecule has 0 amide bonds. The lowest BCUT2D eigenvalue weighted by atomic mass is 10.0. The minimum Gasteiger partial charge on any atom is -0.301 e. The molecule has 1 unspecified atom stereocenters. The average molecular weight is 457 g/mol. The number of hydrogen-bond acceptors (Lipinski definition) is 4. The molecule has 1 atom stereocenters. The van der Waals surface area contributed by atoms with E-state index in [1.165, 1.54) is 19.3 Å². The molecule has 0 aliphatic carbocycles. The molecular weight excluding hydrogens is 424 g/mol. The molecule has 0 spiro atoms. The van der Waals surface area contributed by atoms with E-state index in [0.29, 0.717) is 24.0 Å². The summed E-state index contributed by atoms with van der Waals surface area (Å²) < 4.78 is 29.4. The van der Waals surface area contributed by atoms with Crippen molar-refractivity contribution in [2.24, 2.45) is 0 Å². The topological polar surface area (TPSA) is 40.6 Å². The van der Waals surface area contributed by atoms with Crippen LogP contribution in [0.15, 0.2) is 58.8 Å². The maximum absolute atomic E-state index is 13.8. The SMILES string of the molecule is Cc1ccsc1CN(CCCN1CCCCC1C)S(=O)(=O)c1cccc2ccccc12. The Morgan fingerprint density at radius 1 is 1.10 bits per heavy atom. The fourth-order valence-corrected chi connectivity index (χ4v) is 7.17. The molecule has 3 aromatic rings. The molecule has 0 saturated carbocycles. The lowest BCUT2D eigenvalue weighted by molar-refractivity contribution is 0.155. The Kier molecular flexibility index (Phi) is 7.12. The van der Waals surface area contributed by atoms with Gasteiger partial charge in [-0.15, -0.1) is 11.3 Å². The van der Waals surface area contributed by atoms with Crippen molar-refractivity contribution >= 4 is 32.1 Å². The van der Waals surface area contributed by atoms with Gasteiger partial charge >= 0.3 is 0 Å². The van der Waals surface area contributed by atoms with Crippen molar-refractivity contribution in [2.75, 3.05) is 19.6 Å². The number of fused-ring (bicyclic) bond motifs is 1. The number of sulfonamides is 1. The quantitative estimate of drug-likeness (QED) is 0.439. The van der Waals surface area contributed by atoms with Gasteiger partial charge in [-0.1, -0.05) is 42.8 Å². The third kappa shape index (κ3) is 5.03. The molecule has 1 saturated heterocycles. The van der Waals surface area contributed by atoms with Crippen LogP contribution in [0.1, 0.15) is 43.0 Å². The first-order valence-electron chi connectivity index (χ1n) is 11.2. The standard InChI is InChI=1S/C25H32N2O2S2/c1-20-14-18-30-24(20)19-27(17-8-16-26-15-6-5-9-21(26)2)31(28,29)25-13-7-11-22-10-3-4-12-23(22)25/h3-4,7,10-14,18,21H,5-6,8-9,15-17,19H2,1-2H3. The summed E-state index contributed by atoms with van der Waals surface area (Å²) in [6.45, 7) is 7.40. The predicted molar refractivity (Wildman–Crippen MR) is 130 cm³/mol. The maximum Gasteiger partial charge on any atom is 0.244 e. The van der Waals surface area contributed by atoms with E-state index in [4.69, 9.17) is 0 Å². The minimum atomic E-state index is -3.62. The number of thiophene rings is 1. The Hall–Kier alpha value is -1.73. The Balaban J connectivity index is 1.60. The molecule has 1 fully saturated rings. The summed E-state index contributed by atoms with van der Waals surface area (Å²) in [6.07, 6.45) is 4.64.